The molecular weight excluding hydrogens is 282 g/mol. The first kappa shape index (κ1) is 11.2. The van der Waals surface area contributed by atoms with E-state index in [9.17, 15) is 0 Å². The number of nitrogens with one attached hydrogen (secondary N) is 1. The summed E-state index contributed by atoms with van der Waals surface area (Å²) in [5.74, 6) is 3.12. The summed E-state index contributed by atoms with van der Waals surface area (Å²) in [6, 6.07) is 2.22. The zero-order valence-corrected chi connectivity index (χ0v) is 11.8. The predicted molar refractivity (Wildman–Crippen MR) is 72.7 cm³/mol. The van der Waals surface area contributed by atoms with Crippen molar-refractivity contribution in [2.45, 2.75) is 32.2 Å². The summed E-state index contributed by atoms with van der Waals surface area (Å²) in [4.78, 5) is 0. The quantitative estimate of drug-likeness (QED) is 0.836. The van der Waals surface area contributed by atoms with Gasteiger partial charge in [0.2, 0.25) is 0 Å². The highest BCUT2D eigenvalue weighted by Gasteiger charge is 2.40. The van der Waals surface area contributed by atoms with Crippen LogP contribution in [-0.2, 0) is 6.54 Å². The van der Waals surface area contributed by atoms with E-state index in [-0.39, 0.29) is 0 Å². The molecule has 1 aromatic rings. The molecule has 0 aromatic carbocycles. The van der Waals surface area contributed by atoms with Crippen LogP contribution in [0, 0.1) is 17.8 Å². The van der Waals surface area contributed by atoms with Gasteiger partial charge in [0, 0.05) is 6.54 Å². The Morgan fingerprint density at radius 2 is 2.00 bits per heavy atom. The van der Waals surface area contributed by atoms with Crippen molar-refractivity contribution in [3.63, 3.8) is 0 Å². The number of thiophene rings is 1. The Hall–Kier alpha value is 0.140. The maximum Gasteiger partial charge on any atom is 0.0701 e. The van der Waals surface area contributed by atoms with Crippen molar-refractivity contribution in [1.29, 1.82) is 0 Å². The van der Waals surface area contributed by atoms with Gasteiger partial charge in [0.1, 0.15) is 0 Å². The molecule has 0 aliphatic heterocycles. The third kappa shape index (κ3) is 2.88. The van der Waals surface area contributed by atoms with E-state index in [4.69, 9.17) is 0 Å². The fourth-order valence-electron chi connectivity index (χ4n) is 2.59. The minimum absolute atomic E-state index is 0.988. The molecule has 0 unspecified atom stereocenters. The van der Waals surface area contributed by atoms with Crippen molar-refractivity contribution >= 4 is 27.3 Å². The van der Waals surface area contributed by atoms with Crippen LogP contribution in [0.15, 0.2) is 15.2 Å². The van der Waals surface area contributed by atoms with Crippen LogP contribution >= 0.6 is 27.3 Å². The molecule has 1 nitrogen and oxygen atoms in total. The predicted octanol–water partition coefficient (Wildman–Crippen LogP) is 4.04. The van der Waals surface area contributed by atoms with E-state index in [1.165, 1.54) is 41.6 Å². The Bertz CT molecular complexity index is 343. The van der Waals surface area contributed by atoms with Gasteiger partial charge < -0.3 is 5.32 Å². The molecule has 0 amide bonds. The van der Waals surface area contributed by atoms with Gasteiger partial charge >= 0.3 is 0 Å². The Labute approximate surface area is 110 Å². The van der Waals surface area contributed by atoms with Crippen LogP contribution in [0.4, 0.5) is 0 Å². The van der Waals surface area contributed by atoms with E-state index in [1.807, 2.05) is 0 Å². The topological polar surface area (TPSA) is 12.0 Å². The third-order valence-corrected chi connectivity index (χ3v) is 5.34. The lowest BCUT2D eigenvalue weighted by Crippen LogP contribution is -2.25. The molecule has 16 heavy (non-hydrogen) atoms. The molecule has 88 valence electrons. The van der Waals surface area contributed by atoms with Gasteiger partial charge in [0.25, 0.3) is 0 Å². The zero-order valence-electron chi connectivity index (χ0n) is 9.42. The molecule has 0 bridgehead atoms. The minimum Gasteiger partial charge on any atom is -0.312 e. The first-order chi connectivity index (χ1) is 7.83. The standard InChI is InChI=1S/C13H18BrNS/c14-13-5-9(8-16-13)6-15-7-12(10-1-2-10)11-3-4-11/h5,8,10-12,15H,1-4,6-7H2. The van der Waals surface area contributed by atoms with Crippen LogP contribution in [-0.4, -0.2) is 6.54 Å². The molecule has 3 heteroatoms. The maximum absolute atomic E-state index is 3.64. The maximum atomic E-state index is 3.64. The SMILES string of the molecule is Brc1cc(CNCC(C2CC2)C2CC2)cs1. The smallest absolute Gasteiger partial charge is 0.0701 e. The van der Waals surface area contributed by atoms with Crippen molar-refractivity contribution in [3.8, 4) is 0 Å². The molecular formula is C13H18BrNS. The van der Waals surface area contributed by atoms with Gasteiger partial charge in [-0.05, 0) is 82.9 Å². The molecule has 2 aliphatic carbocycles. The Balaban J connectivity index is 1.44. The van der Waals surface area contributed by atoms with Gasteiger partial charge in [-0.3, -0.25) is 0 Å². The van der Waals surface area contributed by atoms with Gasteiger partial charge in [0.15, 0.2) is 0 Å². The lowest BCUT2D eigenvalue weighted by molar-refractivity contribution is 0.378. The first-order valence-electron chi connectivity index (χ1n) is 6.26. The molecule has 0 saturated heterocycles. The molecule has 0 atom stereocenters. The van der Waals surface area contributed by atoms with E-state index in [1.54, 1.807) is 11.3 Å². The monoisotopic (exact) mass is 299 g/mol. The average molecular weight is 300 g/mol. The Kier molecular flexibility index (Phi) is 3.37. The van der Waals surface area contributed by atoms with Gasteiger partial charge in [-0.15, -0.1) is 11.3 Å². The van der Waals surface area contributed by atoms with E-state index in [0.29, 0.717) is 0 Å². The minimum atomic E-state index is 0.988. The summed E-state index contributed by atoms with van der Waals surface area (Å²) in [6.45, 7) is 2.28. The van der Waals surface area contributed by atoms with Crippen LogP contribution in [0.1, 0.15) is 31.2 Å². The van der Waals surface area contributed by atoms with Crippen LogP contribution < -0.4 is 5.32 Å². The van der Waals surface area contributed by atoms with Gasteiger partial charge in [-0.2, -0.15) is 0 Å². The highest BCUT2D eigenvalue weighted by Crippen LogP contribution is 2.48. The Morgan fingerprint density at radius 1 is 1.31 bits per heavy atom. The molecule has 0 spiro atoms. The number of rotatable bonds is 6. The van der Waals surface area contributed by atoms with Crippen LogP contribution in [0.3, 0.4) is 0 Å². The summed E-state index contributed by atoms with van der Waals surface area (Å²) in [5, 5.41) is 5.88. The van der Waals surface area contributed by atoms with Crippen molar-refractivity contribution in [3.05, 3.63) is 20.8 Å². The van der Waals surface area contributed by atoms with Crippen LogP contribution in [0.5, 0.6) is 0 Å². The average Bonchev–Trinajstić information content (AvgIpc) is 3.15. The third-order valence-electron chi connectivity index (χ3n) is 3.79. The van der Waals surface area contributed by atoms with Gasteiger partial charge in [-0.1, -0.05) is 0 Å². The van der Waals surface area contributed by atoms with Crippen molar-refractivity contribution in [1.82, 2.24) is 5.32 Å². The van der Waals surface area contributed by atoms with Gasteiger partial charge in [-0.25, -0.2) is 0 Å². The molecule has 0 radical (unpaired) electrons. The van der Waals surface area contributed by atoms with Crippen LogP contribution in [0.2, 0.25) is 0 Å². The highest BCUT2D eigenvalue weighted by molar-refractivity contribution is 9.11. The molecule has 1 heterocycles. The highest BCUT2D eigenvalue weighted by atomic mass is 79.9. The second-order valence-electron chi connectivity index (χ2n) is 5.23. The summed E-state index contributed by atoms with van der Waals surface area (Å²) < 4.78 is 1.24. The number of halogens is 1. The summed E-state index contributed by atoms with van der Waals surface area (Å²) in [5.41, 5.74) is 1.42. The summed E-state index contributed by atoms with van der Waals surface area (Å²) >= 11 is 5.29. The second kappa shape index (κ2) is 4.79. The molecule has 2 saturated carbocycles. The van der Waals surface area contributed by atoms with Gasteiger partial charge in [0.05, 0.1) is 3.79 Å². The summed E-state index contributed by atoms with van der Waals surface area (Å²) in [6.07, 6.45) is 5.97. The number of hydrogen-bond acceptors (Lipinski definition) is 2. The molecule has 1 aromatic heterocycles. The molecule has 2 fully saturated rings. The second-order valence-corrected chi connectivity index (χ2v) is 7.52. The molecule has 2 aliphatic rings. The fourth-order valence-corrected chi connectivity index (χ4v) is 3.80. The Morgan fingerprint density at radius 3 is 2.50 bits per heavy atom. The summed E-state index contributed by atoms with van der Waals surface area (Å²) in [7, 11) is 0. The normalized spacial score (nSPS) is 20.6. The lowest BCUT2D eigenvalue weighted by Gasteiger charge is -2.15. The van der Waals surface area contributed by atoms with E-state index in [0.717, 1.165) is 24.3 Å². The molecule has 1 N–H and O–H groups in total. The van der Waals surface area contributed by atoms with Crippen molar-refractivity contribution in [2.75, 3.05) is 6.54 Å². The number of hydrogen-bond donors (Lipinski definition) is 1. The first-order valence-corrected chi connectivity index (χ1v) is 7.94. The zero-order chi connectivity index (χ0) is 11.0. The van der Waals surface area contributed by atoms with Crippen LogP contribution in [0.25, 0.3) is 0 Å². The van der Waals surface area contributed by atoms with E-state index >= 15 is 0 Å². The lowest BCUT2D eigenvalue weighted by atomic mass is 9.98. The molecule has 3 rings (SSSR count). The van der Waals surface area contributed by atoms with Crippen molar-refractivity contribution in [2.24, 2.45) is 17.8 Å². The van der Waals surface area contributed by atoms with E-state index < -0.39 is 0 Å². The van der Waals surface area contributed by atoms with Crippen molar-refractivity contribution < 1.29 is 0 Å². The van der Waals surface area contributed by atoms with E-state index in [2.05, 4.69) is 32.7 Å². The fraction of sp³-hybridized carbons (Fsp3) is 0.692. The largest absolute Gasteiger partial charge is 0.312 e.